The summed E-state index contributed by atoms with van der Waals surface area (Å²) in [6.45, 7) is 3.40. The van der Waals surface area contributed by atoms with Gasteiger partial charge in [-0.2, -0.15) is 0 Å². The lowest BCUT2D eigenvalue weighted by atomic mass is 10.1. The smallest absolute Gasteiger partial charge is 0.310 e. The summed E-state index contributed by atoms with van der Waals surface area (Å²) in [5.74, 6) is 1.17. The molecule has 114 valence electrons. The van der Waals surface area contributed by atoms with E-state index in [4.69, 9.17) is 14.2 Å². The number of carbonyl (C=O) groups excluding carboxylic acids is 1. The van der Waals surface area contributed by atoms with Gasteiger partial charge >= 0.3 is 5.97 Å². The molecule has 4 heteroatoms. The molecule has 0 unspecified atom stereocenters. The standard InChI is InChI=1S/C18H18O4/c1-13-4-2-3-5-15(13)12-22-18(19)11-14-6-7-16-17(10-14)21-9-8-20-16/h2-7,10H,8-9,11-12H2,1H3. The Labute approximate surface area is 129 Å². The van der Waals surface area contributed by atoms with Crippen molar-refractivity contribution in [1.82, 2.24) is 0 Å². The molecular formula is C18H18O4. The average molecular weight is 298 g/mol. The lowest BCUT2D eigenvalue weighted by Crippen LogP contribution is -2.16. The third kappa shape index (κ3) is 3.39. The second-order valence-corrected chi connectivity index (χ2v) is 5.24. The van der Waals surface area contributed by atoms with Crippen molar-refractivity contribution >= 4 is 5.97 Å². The van der Waals surface area contributed by atoms with Crippen LogP contribution in [0.25, 0.3) is 0 Å². The number of hydrogen-bond donors (Lipinski definition) is 0. The number of esters is 1. The van der Waals surface area contributed by atoms with Gasteiger partial charge in [0, 0.05) is 0 Å². The molecule has 1 aliphatic rings. The zero-order valence-electron chi connectivity index (χ0n) is 12.5. The summed E-state index contributed by atoms with van der Waals surface area (Å²) in [6, 6.07) is 13.4. The minimum Gasteiger partial charge on any atom is -0.486 e. The molecule has 0 amide bonds. The Balaban J connectivity index is 1.59. The maximum absolute atomic E-state index is 12.0. The second kappa shape index (κ2) is 6.52. The molecular weight excluding hydrogens is 280 g/mol. The Morgan fingerprint density at radius 1 is 1.09 bits per heavy atom. The fourth-order valence-corrected chi connectivity index (χ4v) is 2.35. The van der Waals surface area contributed by atoms with Crippen LogP contribution in [0.2, 0.25) is 0 Å². The molecule has 0 radical (unpaired) electrons. The van der Waals surface area contributed by atoms with Crippen LogP contribution in [0, 0.1) is 6.92 Å². The van der Waals surface area contributed by atoms with Crippen molar-refractivity contribution in [3.8, 4) is 11.5 Å². The van der Waals surface area contributed by atoms with Crippen molar-refractivity contribution < 1.29 is 19.0 Å². The number of rotatable bonds is 4. The van der Waals surface area contributed by atoms with Crippen LogP contribution in [0.5, 0.6) is 11.5 Å². The Bertz CT molecular complexity index is 679. The van der Waals surface area contributed by atoms with Crippen molar-refractivity contribution in [1.29, 1.82) is 0 Å². The number of carbonyl (C=O) groups is 1. The largest absolute Gasteiger partial charge is 0.486 e. The van der Waals surface area contributed by atoms with Gasteiger partial charge in [-0.3, -0.25) is 4.79 Å². The van der Waals surface area contributed by atoms with Crippen LogP contribution < -0.4 is 9.47 Å². The van der Waals surface area contributed by atoms with Gasteiger partial charge in [0.1, 0.15) is 19.8 Å². The van der Waals surface area contributed by atoms with E-state index in [1.807, 2.05) is 49.4 Å². The molecule has 0 bridgehead atoms. The van der Waals surface area contributed by atoms with Gasteiger partial charge in [0.05, 0.1) is 6.42 Å². The maximum Gasteiger partial charge on any atom is 0.310 e. The third-order valence-electron chi connectivity index (χ3n) is 3.60. The first-order valence-corrected chi connectivity index (χ1v) is 7.31. The number of ether oxygens (including phenoxy) is 3. The minimum atomic E-state index is -0.250. The van der Waals surface area contributed by atoms with Gasteiger partial charge in [-0.25, -0.2) is 0 Å². The number of benzene rings is 2. The van der Waals surface area contributed by atoms with Gasteiger partial charge in [0.15, 0.2) is 11.5 Å². The Morgan fingerprint density at radius 2 is 1.86 bits per heavy atom. The summed E-state index contributed by atoms with van der Waals surface area (Å²) in [7, 11) is 0. The molecule has 0 saturated heterocycles. The van der Waals surface area contributed by atoms with Crippen molar-refractivity contribution in [3.63, 3.8) is 0 Å². The summed E-state index contributed by atoms with van der Waals surface area (Å²) in [4.78, 5) is 12.0. The first-order chi connectivity index (χ1) is 10.7. The topological polar surface area (TPSA) is 44.8 Å². The monoisotopic (exact) mass is 298 g/mol. The van der Waals surface area contributed by atoms with E-state index in [0.717, 1.165) is 22.4 Å². The summed E-state index contributed by atoms with van der Waals surface area (Å²) < 4.78 is 16.3. The number of fused-ring (bicyclic) bond motifs is 1. The lowest BCUT2D eigenvalue weighted by molar-refractivity contribution is -0.144. The molecule has 3 rings (SSSR count). The van der Waals surface area contributed by atoms with E-state index in [0.29, 0.717) is 25.6 Å². The molecule has 0 aliphatic carbocycles. The maximum atomic E-state index is 12.0. The number of hydrogen-bond acceptors (Lipinski definition) is 4. The van der Waals surface area contributed by atoms with Gasteiger partial charge < -0.3 is 14.2 Å². The summed E-state index contributed by atoms with van der Waals surface area (Å²) in [5, 5.41) is 0. The highest BCUT2D eigenvalue weighted by molar-refractivity contribution is 5.73. The van der Waals surface area contributed by atoms with Crippen molar-refractivity contribution in [2.45, 2.75) is 20.0 Å². The molecule has 0 spiro atoms. The number of aryl methyl sites for hydroxylation is 1. The minimum absolute atomic E-state index is 0.225. The second-order valence-electron chi connectivity index (χ2n) is 5.24. The Morgan fingerprint density at radius 3 is 2.68 bits per heavy atom. The van der Waals surface area contributed by atoms with Gasteiger partial charge in [0.2, 0.25) is 0 Å². The van der Waals surface area contributed by atoms with E-state index in [2.05, 4.69) is 0 Å². The zero-order valence-corrected chi connectivity index (χ0v) is 12.5. The molecule has 0 saturated carbocycles. The first kappa shape index (κ1) is 14.4. The highest BCUT2D eigenvalue weighted by atomic mass is 16.6. The van der Waals surface area contributed by atoms with E-state index in [9.17, 15) is 4.79 Å². The van der Waals surface area contributed by atoms with Crippen LogP contribution >= 0.6 is 0 Å². The average Bonchev–Trinajstić information content (AvgIpc) is 2.54. The predicted molar refractivity (Wildman–Crippen MR) is 82.1 cm³/mol. The third-order valence-corrected chi connectivity index (χ3v) is 3.60. The van der Waals surface area contributed by atoms with E-state index < -0.39 is 0 Å². The fraction of sp³-hybridized carbons (Fsp3) is 0.278. The Kier molecular flexibility index (Phi) is 4.28. The molecule has 0 aromatic heterocycles. The van der Waals surface area contributed by atoms with Crippen LogP contribution in [0.3, 0.4) is 0 Å². The normalized spacial score (nSPS) is 12.8. The molecule has 22 heavy (non-hydrogen) atoms. The quantitative estimate of drug-likeness (QED) is 0.814. The summed E-state index contributed by atoms with van der Waals surface area (Å²) >= 11 is 0. The molecule has 0 atom stereocenters. The SMILES string of the molecule is Cc1ccccc1COC(=O)Cc1ccc2c(c1)OCCO2. The summed E-state index contributed by atoms with van der Waals surface area (Å²) in [5.41, 5.74) is 3.01. The fourth-order valence-electron chi connectivity index (χ4n) is 2.35. The Hall–Kier alpha value is -2.49. The molecule has 0 N–H and O–H groups in total. The molecule has 4 nitrogen and oxygen atoms in total. The van der Waals surface area contributed by atoms with E-state index in [1.165, 1.54) is 0 Å². The first-order valence-electron chi connectivity index (χ1n) is 7.31. The predicted octanol–water partition coefficient (Wildman–Crippen LogP) is 3.05. The summed E-state index contributed by atoms with van der Waals surface area (Å²) in [6.07, 6.45) is 0.225. The van der Waals surface area contributed by atoms with Gasteiger partial charge in [-0.1, -0.05) is 30.3 Å². The van der Waals surface area contributed by atoms with Crippen LogP contribution in [0.1, 0.15) is 16.7 Å². The molecule has 1 aliphatic heterocycles. The lowest BCUT2D eigenvalue weighted by Gasteiger charge is -2.18. The molecule has 0 fully saturated rings. The van der Waals surface area contributed by atoms with Crippen LogP contribution in [-0.4, -0.2) is 19.2 Å². The highest BCUT2D eigenvalue weighted by Gasteiger charge is 2.13. The highest BCUT2D eigenvalue weighted by Crippen LogP contribution is 2.30. The molecule has 2 aromatic carbocycles. The van der Waals surface area contributed by atoms with Gasteiger partial charge in [0.25, 0.3) is 0 Å². The van der Waals surface area contributed by atoms with Crippen LogP contribution in [0.15, 0.2) is 42.5 Å². The molecule has 1 heterocycles. The van der Waals surface area contributed by atoms with Crippen LogP contribution in [0.4, 0.5) is 0 Å². The molecule has 2 aromatic rings. The van der Waals surface area contributed by atoms with Gasteiger partial charge in [-0.05, 0) is 35.7 Å². The van der Waals surface area contributed by atoms with Gasteiger partial charge in [-0.15, -0.1) is 0 Å². The van der Waals surface area contributed by atoms with Crippen molar-refractivity contribution in [2.75, 3.05) is 13.2 Å². The van der Waals surface area contributed by atoms with E-state index in [-0.39, 0.29) is 12.4 Å². The van der Waals surface area contributed by atoms with E-state index >= 15 is 0 Å². The van der Waals surface area contributed by atoms with E-state index in [1.54, 1.807) is 0 Å². The van der Waals surface area contributed by atoms with Crippen molar-refractivity contribution in [2.24, 2.45) is 0 Å². The van der Waals surface area contributed by atoms with Crippen molar-refractivity contribution in [3.05, 3.63) is 59.2 Å². The zero-order chi connectivity index (χ0) is 15.4. The van der Waals surface area contributed by atoms with Crippen LogP contribution in [-0.2, 0) is 22.6 Å².